The van der Waals surface area contributed by atoms with Crippen LogP contribution >= 0.6 is 0 Å². The van der Waals surface area contributed by atoms with E-state index >= 15 is 0 Å². The SMILES string of the molecule is O=[N+]([O-])c1ncccc1N1C[C@H]2CNC[C@H]2C1. The van der Waals surface area contributed by atoms with Gasteiger partial charge in [-0.25, -0.2) is 0 Å². The van der Waals surface area contributed by atoms with Gasteiger partial charge in [-0.2, -0.15) is 0 Å². The van der Waals surface area contributed by atoms with Crippen LogP contribution in [0, 0.1) is 22.0 Å². The molecule has 6 heteroatoms. The second-order valence-electron chi connectivity index (χ2n) is 4.69. The van der Waals surface area contributed by atoms with Gasteiger partial charge in [-0.1, -0.05) is 0 Å². The summed E-state index contributed by atoms with van der Waals surface area (Å²) >= 11 is 0. The number of rotatable bonds is 2. The fraction of sp³-hybridized carbons (Fsp3) is 0.545. The molecule has 1 aromatic rings. The Morgan fingerprint density at radius 1 is 1.41 bits per heavy atom. The van der Waals surface area contributed by atoms with Crippen LogP contribution in [0.3, 0.4) is 0 Å². The molecule has 0 unspecified atom stereocenters. The van der Waals surface area contributed by atoms with E-state index < -0.39 is 4.92 Å². The first-order valence-corrected chi connectivity index (χ1v) is 5.81. The molecular weight excluding hydrogens is 220 g/mol. The molecule has 90 valence electrons. The quantitative estimate of drug-likeness (QED) is 0.600. The number of hydrogen-bond acceptors (Lipinski definition) is 5. The Labute approximate surface area is 98.8 Å². The summed E-state index contributed by atoms with van der Waals surface area (Å²) in [4.78, 5) is 16.5. The molecule has 17 heavy (non-hydrogen) atoms. The number of fused-ring (bicyclic) bond motifs is 1. The van der Waals surface area contributed by atoms with Crippen LogP contribution in [0.5, 0.6) is 0 Å². The third-order valence-electron chi connectivity index (χ3n) is 3.67. The van der Waals surface area contributed by atoms with Crippen LogP contribution in [0.2, 0.25) is 0 Å². The van der Waals surface area contributed by atoms with Gasteiger partial charge in [0, 0.05) is 26.2 Å². The van der Waals surface area contributed by atoms with Gasteiger partial charge in [0.2, 0.25) is 0 Å². The third kappa shape index (κ3) is 1.74. The van der Waals surface area contributed by atoms with Gasteiger partial charge in [-0.15, -0.1) is 0 Å². The molecule has 3 heterocycles. The Kier molecular flexibility index (Phi) is 2.44. The predicted octanol–water partition coefficient (Wildman–Crippen LogP) is 0.645. The molecule has 0 amide bonds. The molecule has 2 aliphatic heterocycles. The van der Waals surface area contributed by atoms with Crippen molar-refractivity contribution in [1.82, 2.24) is 10.3 Å². The van der Waals surface area contributed by atoms with Gasteiger partial charge in [0.1, 0.15) is 11.9 Å². The first-order valence-electron chi connectivity index (χ1n) is 5.81. The summed E-state index contributed by atoms with van der Waals surface area (Å²) in [5.74, 6) is 1.21. The summed E-state index contributed by atoms with van der Waals surface area (Å²) in [7, 11) is 0. The first kappa shape index (κ1) is 10.5. The van der Waals surface area contributed by atoms with Crippen LogP contribution in [-0.2, 0) is 0 Å². The molecule has 0 spiro atoms. The Morgan fingerprint density at radius 2 is 2.12 bits per heavy atom. The highest BCUT2D eigenvalue weighted by Crippen LogP contribution is 2.34. The topological polar surface area (TPSA) is 71.3 Å². The number of nitrogens with zero attached hydrogens (tertiary/aromatic N) is 3. The standard InChI is InChI=1S/C11H14N4O2/c16-15(17)11-10(2-1-3-13-11)14-6-8-4-12-5-9(8)7-14/h1-3,8-9,12H,4-7H2/t8-,9+. The summed E-state index contributed by atoms with van der Waals surface area (Å²) in [5, 5.41) is 14.3. The van der Waals surface area contributed by atoms with E-state index in [1.807, 2.05) is 0 Å². The first-order chi connectivity index (χ1) is 8.25. The molecule has 3 rings (SSSR count). The summed E-state index contributed by atoms with van der Waals surface area (Å²) in [6.07, 6.45) is 1.47. The van der Waals surface area contributed by atoms with Crippen molar-refractivity contribution in [3.8, 4) is 0 Å². The highest BCUT2D eigenvalue weighted by atomic mass is 16.6. The maximum Gasteiger partial charge on any atom is 0.387 e. The second kappa shape index (κ2) is 3.96. The summed E-state index contributed by atoms with van der Waals surface area (Å²) in [6, 6.07) is 3.55. The van der Waals surface area contributed by atoms with Crippen LogP contribution in [0.15, 0.2) is 18.3 Å². The lowest BCUT2D eigenvalue weighted by atomic mass is 10.0. The number of hydrogen-bond donors (Lipinski definition) is 1. The van der Waals surface area contributed by atoms with Crippen LogP contribution in [0.25, 0.3) is 0 Å². The molecule has 2 atom stereocenters. The van der Waals surface area contributed by atoms with Crippen molar-refractivity contribution in [3.63, 3.8) is 0 Å². The van der Waals surface area contributed by atoms with E-state index in [2.05, 4.69) is 15.2 Å². The third-order valence-corrected chi connectivity index (χ3v) is 3.67. The van der Waals surface area contributed by atoms with Crippen molar-refractivity contribution in [2.24, 2.45) is 11.8 Å². The molecule has 0 radical (unpaired) electrons. The molecule has 0 aromatic carbocycles. The zero-order valence-electron chi connectivity index (χ0n) is 9.37. The fourth-order valence-corrected chi connectivity index (χ4v) is 2.83. The van der Waals surface area contributed by atoms with Crippen LogP contribution in [0.4, 0.5) is 11.5 Å². The monoisotopic (exact) mass is 234 g/mol. The summed E-state index contributed by atoms with van der Waals surface area (Å²) in [6.45, 7) is 3.83. The van der Waals surface area contributed by atoms with E-state index in [4.69, 9.17) is 0 Å². The molecular formula is C11H14N4O2. The number of pyridine rings is 1. The second-order valence-corrected chi connectivity index (χ2v) is 4.69. The average molecular weight is 234 g/mol. The minimum absolute atomic E-state index is 0.0274. The Hall–Kier alpha value is -1.69. The molecule has 0 aliphatic carbocycles. The highest BCUT2D eigenvalue weighted by molar-refractivity contribution is 5.59. The average Bonchev–Trinajstić information content (AvgIpc) is 2.88. The Balaban J connectivity index is 1.88. The predicted molar refractivity (Wildman–Crippen MR) is 63.0 cm³/mol. The molecule has 0 saturated carbocycles. The van der Waals surface area contributed by atoms with Crippen molar-refractivity contribution in [3.05, 3.63) is 28.4 Å². The van der Waals surface area contributed by atoms with Crippen molar-refractivity contribution in [2.75, 3.05) is 31.1 Å². The molecule has 2 saturated heterocycles. The Bertz CT molecular complexity index is 439. The minimum Gasteiger partial charge on any atom is -0.364 e. The Morgan fingerprint density at radius 3 is 2.76 bits per heavy atom. The molecule has 2 fully saturated rings. The maximum absolute atomic E-state index is 10.9. The highest BCUT2D eigenvalue weighted by Gasteiger charge is 2.38. The van der Waals surface area contributed by atoms with Gasteiger partial charge < -0.3 is 20.3 Å². The molecule has 6 nitrogen and oxygen atoms in total. The maximum atomic E-state index is 10.9. The minimum atomic E-state index is -0.401. The lowest BCUT2D eigenvalue weighted by Crippen LogP contribution is -2.26. The van der Waals surface area contributed by atoms with Crippen molar-refractivity contribution in [1.29, 1.82) is 0 Å². The summed E-state index contributed by atoms with van der Waals surface area (Å²) in [5.41, 5.74) is 0.659. The van der Waals surface area contributed by atoms with E-state index in [1.165, 1.54) is 6.20 Å². The molecule has 0 bridgehead atoms. The van der Waals surface area contributed by atoms with E-state index in [0.717, 1.165) is 26.2 Å². The smallest absolute Gasteiger partial charge is 0.364 e. The van der Waals surface area contributed by atoms with E-state index in [1.54, 1.807) is 12.1 Å². The number of aromatic nitrogens is 1. The van der Waals surface area contributed by atoms with Gasteiger partial charge in [0.05, 0.1) is 0 Å². The number of nitrogens with one attached hydrogen (secondary N) is 1. The van der Waals surface area contributed by atoms with Crippen molar-refractivity contribution < 1.29 is 4.92 Å². The lowest BCUT2D eigenvalue weighted by molar-refractivity contribution is -0.388. The van der Waals surface area contributed by atoms with Crippen molar-refractivity contribution >= 4 is 11.5 Å². The van der Waals surface area contributed by atoms with Crippen molar-refractivity contribution in [2.45, 2.75) is 0 Å². The zero-order chi connectivity index (χ0) is 11.8. The number of nitro groups is 1. The van der Waals surface area contributed by atoms with Gasteiger partial charge >= 0.3 is 5.82 Å². The van der Waals surface area contributed by atoms with Gasteiger partial charge in [-0.05, 0) is 33.9 Å². The largest absolute Gasteiger partial charge is 0.387 e. The normalized spacial score (nSPS) is 27.2. The van der Waals surface area contributed by atoms with Crippen LogP contribution < -0.4 is 10.2 Å². The van der Waals surface area contributed by atoms with Gasteiger partial charge in [-0.3, -0.25) is 0 Å². The van der Waals surface area contributed by atoms with Gasteiger partial charge in [0.15, 0.2) is 0 Å². The van der Waals surface area contributed by atoms with Crippen LogP contribution in [-0.4, -0.2) is 36.1 Å². The van der Waals surface area contributed by atoms with E-state index in [9.17, 15) is 10.1 Å². The lowest BCUT2D eigenvalue weighted by Gasteiger charge is -2.18. The molecule has 2 aliphatic rings. The van der Waals surface area contributed by atoms with Crippen LogP contribution in [0.1, 0.15) is 0 Å². The molecule has 1 N–H and O–H groups in total. The fourth-order valence-electron chi connectivity index (χ4n) is 2.83. The van der Waals surface area contributed by atoms with E-state index in [0.29, 0.717) is 17.5 Å². The zero-order valence-corrected chi connectivity index (χ0v) is 9.37. The van der Waals surface area contributed by atoms with E-state index in [-0.39, 0.29) is 5.82 Å². The summed E-state index contributed by atoms with van der Waals surface area (Å²) < 4.78 is 0. The number of anilines is 1. The van der Waals surface area contributed by atoms with Gasteiger partial charge in [0.25, 0.3) is 0 Å². The molecule has 1 aromatic heterocycles.